The van der Waals surface area contributed by atoms with Crippen LogP contribution in [0.5, 0.6) is 0 Å². The molecule has 4 nitrogen and oxygen atoms in total. The molecule has 0 spiro atoms. The summed E-state index contributed by atoms with van der Waals surface area (Å²) in [5.41, 5.74) is 1.27. The van der Waals surface area contributed by atoms with Gasteiger partial charge in [0.1, 0.15) is 5.82 Å². The molecule has 0 amide bonds. The summed E-state index contributed by atoms with van der Waals surface area (Å²) in [6.07, 6.45) is 6.15. The van der Waals surface area contributed by atoms with Crippen molar-refractivity contribution in [2.24, 2.45) is 0 Å². The number of hydrogen-bond donors (Lipinski definition) is 1. The van der Waals surface area contributed by atoms with E-state index in [2.05, 4.69) is 46.1 Å². The fourth-order valence-electron chi connectivity index (χ4n) is 3.39. The van der Waals surface area contributed by atoms with Crippen LogP contribution in [-0.4, -0.2) is 48.1 Å². The maximum Gasteiger partial charge on any atom is 0.128 e. The third-order valence-electron chi connectivity index (χ3n) is 4.68. The zero-order chi connectivity index (χ0) is 14.7. The van der Waals surface area contributed by atoms with Gasteiger partial charge in [-0.05, 0) is 31.0 Å². The van der Waals surface area contributed by atoms with E-state index >= 15 is 0 Å². The van der Waals surface area contributed by atoms with Crippen LogP contribution in [0, 0.1) is 0 Å². The molecule has 4 heteroatoms. The van der Waals surface area contributed by atoms with Crippen LogP contribution in [0.2, 0.25) is 0 Å². The number of nitrogens with one attached hydrogen (secondary N) is 1. The van der Waals surface area contributed by atoms with Crippen molar-refractivity contribution >= 4 is 5.82 Å². The molecule has 1 atom stereocenters. The first kappa shape index (κ1) is 14.8. The summed E-state index contributed by atoms with van der Waals surface area (Å²) >= 11 is 0. The Hall–Kier alpha value is -1.13. The van der Waals surface area contributed by atoms with Crippen molar-refractivity contribution in [3.8, 4) is 0 Å². The number of piperazine rings is 1. The summed E-state index contributed by atoms with van der Waals surface area (Å²) in [5.74, 6) is 1.15. The lowest BCUT2D eigenvalue weighted by atomic mass is 9.99. The van der Waals surface area contributed by atoms with E-state index in [4.69, 9.17) is 0 Å². The smallest absolute Gasteiger partial charge is 0.128 e. The predicted molar refractivity (Wildman–Crippen MR) is 87.6 cm³/mol. The third kappa shape index (κ3) is 3.74. The molecule has 0 radical (unpaired) electrons. The van der Waals surface area contributed by atoms with Gasteiger partial charge in [0, 0.05) is 44.5 Å². The number of fused-ring (bicyclic) bond motifs is 1. The van der Waals surface area contributed by atoms with E-state index in [1.54, 1.807) is 0 Å². The third-order valence-corrected chi connectivity index (χ3v) is 4.68. The Morgan fingerprint density at radius 2 is 2.14 bits per heavy atom. The molecule has 1 N–H and O–H groups in total. The molecule has 2 aliphatic heterocycles. The van der Waals surface area contributed by atoms with Crippen LogP contribution in [0.3, 0.4) is 0 Å². The molecule has 1 aromatic heterocycles. The lowest BCUT2D eigenvalue weighted by Crippen LogP contribution is -2.55. The van der Waals surface area contributed by atoms with Gasteiger partial charge in [0.15, 0.2) is 0 Å². The van der Waals surface area contributed by atoms with E-state index < -0.39 is 0 Å². The van der Waals surface area contributed by atoms with Crippen molar-refractivity contribution in [3.05, 3.63) is 23.9 Å². The van der Waals surface area contributed by atoms with Gasteiger partial charge in [-0.1, -0.05) is 26.3 Å². The van der Waals surface area contributed by atoms with Crippen molar-refractivity contribution in [1.82, 2.24) is 15.2 Å². The highest BCUT2D eigenvalue weighted by Crippen LogP contribution is 2.23. The van der Waals surface area contributed by atoms with Gasteiger partial charge in [0.25, 0.3) is 0 Å². The largest absolute Gasteiger partial charge is 0.354 e. The first-order valence-corrected chi connectivity index (χ1v) is 8.39. The van der Waals surface area contributed by atoms with Crippen LogP contribution in [-0.2, 0) is 6.54 Å². The van der Waals surface area contributed by atoms with E-state index in [1.807, 2.05) is 6.20 Å². The molecule has 2 fully saturated rings. The molecule has 0 saturated carbocycles. The van der Waals surface area contributed by atoms with Gasteiger partial charge in [-0.25, -0.2) is 4.98 Å². The summed E-state index contributed by atoms with van der Waals surface area (Å²) in [4.78, 5) is 9.82. The fourth-order valence-corrected chi connectivity index (χ4v) is 3.39. The van der Waals surface area contributed by atoms with Gasteiger partial charge >= 0.3 is 0 Å². The van der Waals surface area contributed by atoms with Gasteiger partial charge in [-0.2, -0.15) is 0 Å². The normalized spacial score (nSPS) is 23.4. The van der Waals surface area contributed by atoms with Crippen LogP contribution in [0.25, 0.3) is 0 Å². The molecule has 2 saturated heterocycles. The minimum atomic E-state index is 0.518. The summed E-state index contributed by atoms with van der Waals surface area (Å²) in [5, 5.41) is 3.44. The highest BCUT2D eigenvalue weighted by Gasteiger charge is 2.29. The molecule has 1 unspecified atom stereocenters. The average molecular weight is 288 g/mol. The van der Waals surface area contributed by atoms with Crippen molar-refractivity contribution < 1.29 is 0 Å². The lowest BCUT2D eigenvalue weighted by Gasteiger charge is -2.44. The Bertz CT molecular complexity index is 443. The van der Waals surface area contributed by atoms with Crippen molar-refractivity contribution in [2.75, 3.05) is 31.1 Å². The molecular formula is C17H28N4. The Kier molecular flexibility index (Phi) is 4.76. The minimum absolute atomic E-state index is 0.518. The zero-order valence-electron chi connectivity index (χ0n) is 13.4. The molecular weight excluding hydrogens is 260 g/mol. The maximum atomic E-state index is 4.69. The molecule has 21 heavy (non-hydrogen) atoms. The van der Waals surface area contributed by atoms with Crippen LogP contribution >= 0.6 is 0 Å². The van der Waals surface area contributed by atoms with Crippen LogP contribution < -0.4 is 10.2 Å². The first-order valence-electron chi connectivity index (χ1n) is 8.39. The maximum absolute atomic E-state index is 4.69. The number of anilines is 1. The van der Waals surface area contributed by atoms with E-state index in [9.17, 15) is 0 Å². The number of rotatable bonds is 4. The van der Waals surface area contributed by atoms with E-state index in [1.165, 1.54) is 37.9 Å². The van der Waals surface area contributed by atoms with Gasteiger partial charge in [0.2, 0.25) is 0 Å². The second kappa shape index (κ2) is 6.75. The Labute approximate surface area is 128 Å². The van der Waals surface area contributed by atoms with Crippen molar-refractivity contribution in [1.29, 1.82) is 0 Å². The highest BCUT2D eigenvalue weighted by atomic mass is 15.3. The molecule has 1 aromatic rings. The number of nitrogens with zero attached hydrogens (tertiary/aromatic N) is 3. The van der Waals surface area contributed by atoms with Gasteiger partial charge < -0.3 is 10.2 Å². The summed E-state index contributed by atoms with van der Waals surface area (Å²) < 4.78 is 0. The molecule has 116 valence electrons. The molecule has 0 aromatic carbocycles. The van der Waals surface area contributed by atoms with Gasteiger partial charge in [0.05, 0.1) is 0 Å². The number of aromatic nitrogens is 1. The minimum Gasteiger partial charge on any atom is -0.354 e. The molecule has 0 bridgehead atoms. The highest BCUT2D eigenvalue weighted by molar-refractivity contribution is 5.40. The molecule has 2 aliphatic rings. The zero-order valence-corrected chi connectivity index (χ0v) is 13.4. The average Bonchev–Trinajstić information content (AvgIpc) is 2.53. The van der Waals surface area contributed by atoms with Crippen molar-refractivity contribution in [3.63, 3.8) is 0 Å². The monoisotopic (exact) mass is 288 g/mol. The topological polar surface area (TPSA) is 31.4 Å². The second-order valence-corrected chi connectivity index (χ2v) is 6.69. The number of piperidine rings is 1. The molecule has 3 rings (SSSR count). The Morgan fingerprint density at radius 1 is 1.24 bits per heavy atom. The lowest BCUT2D eigenvalue weighted by molar-refractivity contribution is 0.133. The van der Waals surface area contributed by atoms with Crippen LogP contribution in [0.15, 0.2) is 18.3 Å². The molecule has 0 aliphatic carbocycles. The SMILES string of the molecule is CC(C)NCc1ccc(N2CCN3CCCCC3C2)nc1. The van der Waals surface area contributed by atoms with Crippen molar-refractivity contribution in [2.45, 2.75) is 51.7 Å². The fraction of sp³-hybridized carbons (Fsp3) is 0.706. The molecule has 3 heterocycles. The van der Waals surface area contributed by atoms with Crippen LogP contribution in [0.4, 0.5) is 5.82 Å². The van der Waals surface area contributed by atoms with E-state index in [0.717, 1.165) is 31.5 Å². The van der Waals surface area contributed by atoms with E-state index in [-0.39, 0.29) is 0 Å². The standard InChI is InChI=1S/C17H28N4/c1-14(2)18-11-15-6-7-17(19-12-15)21-10-9-20-8-4-3-5-16(20)13-21/h6-7,12,14,16,18H,3-5,8-11,13H2,1-2H3. The van der Waals surface area contributed by atoms with Gasteiger partial charge in [-0.15, -0.1) is 0 Å². The summed E-state index contributed by atoms with van der Waals surface area (Å²) in [6, 6.07) is 5.67. The predicted octanol–water partition coefficient (Wildman–Crippen LogP) is 2.25. The summed E-state index contributed by atoms with van der Waals surface area (Å²) in [6.45, 7) is 10.0. The van der Waals surface area contributed by atoms with Crippen LogP contribution in [0.1, 0.15) is 38.7 Å². The first-order chi connectivity index (χ1) is 10.2. The number of pyridine rings is 1. The Morgan fingerprint density at radius 3 is 2.90 bits per heavy atom. The summed E-state index contributed by atoms with van der Waals surface area (Å²) in [7, 11) is 0. The van der Waals surface area contributed by atoms with E-state index in [0.29, 0.717) is 6.04 Å². The van der Waals surface area contributed by atoms with Gasteiger partial charge in [-0.3, -0.25) is 4.90 Å². The second-order valence-electron chi connectivity index (χ2n) is 6.69. The quantitative estimate of drug-likeness (QED) is 0.921. The Balaban J connectivity index is 1.59. The number of hydrogen-bond acceptors (Lipinski definition) is 4.